The molecule has 0 saturated carbocycles. The molecule has 1 aliphatic rings. The molecule has 0 aromatic rings. The van der Waals surface area contributed by atoms with Crippen LogP contribution in [-0.2, 0) is 14.3 Å². The van der Waals surface area contributed by atoms with Gasteiger partial charge in [-0.2, -0.15) is 0 Å². The minimum Gasteiger partial charge on any atom is -0.480 e. The fourth-order valence-electron chi connectivity index (χ4n) is 2.46. The monoisotopic (exact) mass is 287 g/mol. The fourth-order valence-corrected chi connectivity index (χ4v) is 2.46. The van der Waals surface area contributed by atoms with Crippen LogP contribution in [0.15, 0.2) is 0 Å². The summed E-state index contributed by atoms with van der Waals surface area (Å²) >= 11 is 0. The summed E-state index contributed by atoms with van der Waals surface area (Å²) in [5.74, 6) is -2.00. The van der Waals surface area contributed by atoms with Crippen molar-refractivity contribution in [1.29, 1.82) is 0 Å². The van der Waals surface area contributed by atoms with Crippen molar-refractivity contribution < 1.29 is 29.3 Å². The van der Waals surface area contributed by atoms with Gasteiger partial charge in [0.05, 0.1) is 0 Å². The molecule has 7 nitrogen and oxygen atoms in total. The molecule has 1 amide bonds. The van der Waals surface area contributed by atoms with E-state index in [1.807, 2.05) is 0 Å². The Labute approximate surface area is 117 Å². The second-order valence-electron chi connectivity index (χ2n) is 6.47. The SMILES string of the molecule is CC(C)(C)OC(=O)C1(C)CCC(C)(C(=O)O)N1C(=O)O. The molecule has 0 radical (unpaired) electrons. The van der Waals surface area contributed by atoms with E-state index in [0.717, 1.165) is 0 Å². The maximum absolute atomic E-state index is 12.3. The average Bonchev–Trinajstić information content (AvgIpc) is 2.51. The van der Waals surface area contributed by atoms with Crippen molar-refractivity contribution in [3.05, 3.63) is 0 Å². The van der Waals surface area contributed by atoms with Gasteiger partial charge < -0.3 is 14.9 Å². The Morgan fingerprint density at radius 2 is 1.50 bits per heavy atom. The highest BCUT2D eigenvalue weighted by atomic mass is 16.6. The molecule has 1 rings (SSSR count). The van der Waals surface area contributed by atoms with Crippen molar-refractivity contribution in [2.24, 2.45) is 0 Å². The normalized spacial score (nSPS) is 30.1. The topological polar surface area (TPSA) is 104 Å². The van der Waals surface area contributed by atoms with Crippen LogP contribution < -0.4 is 0 Å². The lowest BCUT2D eigenvalue weighted by Crippen LogP contribution is -2.61. The highest BCUT2D eigenvalue weighted by Crippen LogP contribution is 2.42. The molecule has 1 fully saturated rings. The molecule has 114 valence electrons. The van der Waals surface area contributed by atoms with Gasteiger partial charge >= 0.3 is 18.0 Å². The van der Waals surface area contributed by atoms with Gasteiger partial charge in [0.15, 0.2) is 0 Å². The third-order valence-corrected chi connectivity index (χ3v) is 3.58. The molecule has 2 unspecified atom stereocenters. The smallest absolute Gasteiger partial charge is 0.409 e. The van der Waals surface area contributed by atoms with Crippen molar-refractivity contribution in [3.63, 3.8) is 0 Å². The highest BCUT2D eigenvalue weighted by molar-refractivity contribution is 5.92. The number of ether oxygens (including phenoxy) is 1. The van der Waals surface area contributed by atoms with Crippen LogP contribution in [0.2, 0.25) is 0 Å². The quantitative estimate of drug-likeness (QED) is 0.749. The van der Waals surface area contributed by atoms with Crippen LogP contribution in [0.5, 0.6) is 0 Å². The van der Waals surface area contributed by atoms with Crippen LogP contribution in [0.4, 0.5) is 4.79 Å². The fraction of sp³-hybridized carbons (Fsp3) is 0.769. The largest absolute Gasteiger partial charge is 0.480 e. The number of carbonyl (C=O) groups is 3. The summed E-state index contributed by atoms with van der Waals surface area (Å²) in [6, 6.07) is 0. The zero-order valence-corrected chi connectivity index (χ0v) is 12.4. The summed E-state index contributed by atoms with van der Waals surface area (Å²) < 4.78 is 5.24. The first-order valence-electron chi connectivity index (χ1n) is 6.35. The molecule has 0 aromatic carbocycles. The van der Waals surface area contributed by atoms with Gasteiger partial charge in [0.1, 0.15) is 16.7 Å². The van der Waals surface area contributed by atoms with Gasteiger partial charge in [-0.25, -0.2) is 14.4 Å². The van der Waals surface area contributed by atoms with E-state index in [4.69, 9.17) is 4.74 Å². The molecule has 20 heavy (non-hydrogen) atoms. The minimum atomic E-state index is -1.63. The lowest BCUT2D eigenvalue weighted by molar-refractivity contribution is -0.169. The minimum absolute atomic E-state index is 0.0599. The Bertz CT molecular complexity index is 454. The third kappa shape index (κ3) is 2.57. The number of carboxylic acid groups (broad SMARTS) is 2. The van der Waals surface area contributed by atoms with E-state index >= 15 is 0 Å². The Hall–Kier alpha value is -1.79. The van der Waals surface area contributed by atoms with Crippen LogP contribution in [0.25, 0.3) is 0 Å². The molecular formula is C13H21NO6. The molecule has 2 atom stereocenters. The molecule has 0 spiro atoms. The number of rotatable bonds is 2. The molecule has 0 aliphatic carbocycles. The number of carboxylic acids is 1. The van der Waals surface area contributed by atoms with Gasteiger partial charge in [0, 0.05) is 0 Å². The summed E-state index contributed by atoms with van der Waals surface area (Å²) in [5, 5.41) is 18.6. The second kappa shape index (κ2) is 4.64. The van der Waals surface area contributed by atoms with Gasteiger partial charge in [-0.15, -0.1) is 0 Å². The van der Waals surface area contributed by atoms with Crippen LogP contribution >= 0.6 is 0 Å². The lowest BCUT2D eigenvalue weighted by atomic mass is 9.98. The Kier molecular flexibility index (Phi) is 3.78. The van der Waals surface area contributed by atoms with Crippen LogP contribution in [-0.4, -0.2) is 49.8 Å². The summed E-state index contributed by atoms with van der Waals surface area (Å²) in [4.78, 5) is 35.8. The molecule has 7 heteroatoms. The summed E-state index contributed by atoms with van der Waals surface area (Å²) in [6.07, 6.45) is -1.28. The van der Waals surface area contributed by atoms with Crippen molar-refractivity contribution in [2.45, 2.75) is 64.1 Å². The molecule has 1 heterocycles. The third-order valence-electron chi connectivity index (χ3n) is 3.58. The molecule has 1 aliphatic heterocycles. The number of hydrogen-bond acceptors (Lipinski definition) is 4. The molecule has 1 saturated heterocycles. The van der Waals surface area contributed by atoms with E-state index in [9.17, 15) is 24.6 Å². The molecule has 2 N–H and O–H groups in total. The van der Waals surface area contributed by atoms with Gasteiger partial charge in [0.2, 0.25) is 0 Å². The first-order chi connectivity index (χ1) is 8.84. The Balaban J connectivity index is 3.20. The molecular weight excluding hydrogens is 266 g/mol. The van der Waals surface area contributed by atoms with E-state index in [1.54, 1.807) is 20.8 Å². The lowest BCUT2D eigenvalue weighted by Gasteiger charge is -2.39. The average molecular weight is 287 g/mol. The van der Waals surface area contributed by atoms with E-state index < -0.39 is 34.7 Å². The van der Waals surface area contributed by atoms with Crippen molar-refractivity contribution >= 4 is 18.0 Å². The number of hydrogen-bond donors (Lipinski definition) is 2. The zero-order valence-electron chi connectivity index (χ0n) is 12.4. The number of carbonyl (C=O) groups excluding carboxylic acids is 1. The predicted octanol–water partition coefficient (Wildman–Crippen LogP) is 1.70. The Morgan fingerprint density at radius 3 is 1.85 bits per heavy atom. The molecule has 0 bridgehead atoms. The van der Waals surface area contributed by atoms with Crippen LogP contribution in [0, 0.1) is 0 Å². The van der Waals surface area contributed by atoms with Gasteiger partial charge in [-0.3, -0.25) is 4.90 Å². The van der Waals surface area contributed by atoms with Gasteiger partial charge in [0.25, 0.3) is 0 Å². The van der Waals surface area contributed by atoms with Gasteiger partial charge in [-0.05, 0) is 47.5 Å². The van der Waals surface area contributed by atoms with Crippen LogP contribution in [0.1, 0.15) is 47.5 Å². The maximum atomic E-state index is 12.3. The van der Waals surface area contributed by atoms with E-state index in [1.165, 1.54) is 13.8 Å². The van der Waals surface area contributed by atoms with E-state index in [-0.39, 0.29) is 12.8 Å². The Morgan fingerprint density at radius 1 is 1.05 bits per heavy atom. The molecule has 0 aromatic heterocycles. The van der Waals surface area contributed by atoms with E-state index in [0.29, 0.717) is 4.90 Å². The number of amides is 1. The summed E-state index contributed by atoms with van der Waals surface area (Å²) in [6.45, 7) is 7.72. The summed E-state index contributed by atoms with van der Waals surface area (Å²) in [7, 11) is 0. The second-order valence-corrected chi connectivity index (χ2v) is 6.47. The van der Waals surface area contributed by atoms with Crippen molar-refractivity contribution in [3.8, 4) is 0 Å². The maximum Gasteiger partial charge on any atom is 0.409 e. The van der Waals surface area contributed by atoms with Crippen LogP contribution in [0.3, 0.4) is 0 Å². The zero-order chi connectivity index (χ0) is 15.9. The first kappa shape index (κ1) is 16.3. The number of nitrogens with zero attached hydrogens (tertiary/aromatic N) is 1. The summed E-state index contributed by atoms with van der Waals surface area (Å²) in [5.41, 5.74) is -3.89. The van der Waals surface area contributed by atoms with Crippen molar-refractivity contribution in [2.75, 3.05) is 0 Å². The van der Waals surface area contributed by atoms with Crippen molar-refractivity contribution in [1.82, 2.24) is 4.90 Å². The standard InChI is InChI=1S/C13H21NO6/c1-11(2,3)20-9(17)13(5)7-6-12(4,8(15)16)14(13)10(18)19/h6-7H2,1-5H3,(H,15,16)(H,18,19). The van der Waals surface area contributed by atoms with Gasteiger partial charge in [-0.1, -0.05) is 0 Å². The number of aliphatic carboxylic acids is 1. The van der Waals surface area contributed by atoms with E-state index in [2.05, 4.69) is 0 Å². The first-order valence-corrected chi connectivity index (χ1v) is 6.35. The predicted molar refractivity (Wildman–Crippen MR) is 69.4 cm³/mol. The number of likely N-dealkylation sites (tertiary alicyclic amines) is 1. The number of esters is 1. The highest BCUT2D eigenvalue weighted by Gasteiger charge is 2.61.